The number of benzene rings is 1. The van der Waals surface area contributed by atoms with Crippen molar-refractivity contribution in [3.63, 3.8) is 0 Å². The topological polar surface area (TPSA) is 23.6 Å². The van der Waals surface area contributed by atoms with Gasteiger partial charge in [0.15, 0.2) is 0 Å². The molecule has 4 heteroatoms. The third kappa shape index (κ3) is 4.72. The lowest BCUT2D eigenvalue weighted by atomic mass is 10.00. The highest BCUT2D eigenvalue weighted by atomic mass is 35.5. The quantitative estimate of drug-likeness (QED) is 0.833. The number of nitrogens with zero attached hydrogens (tertiary/aromatic N) is 2. The van der Waals surface area contributed by atoms with Crippen molar-refractivity contribution in [3.8, 4) is 0 Å². The van der Waals surface area contributed by atoms with Crippen molar-refractivity contribution in [1.82, 2.24) is 9.80 Å². The summed E-state index contributed by atoms with van der Waals surface area (Å²) in [5.41, 5.74) is 1.28. The van der Waals surface area contributed by atoms with Crippen LogP contribution in [-0.4, -0.2) is 48.9 Å². The fourth-order valence-electron chi connectivity index (χ4n) is 3.17. The van der Waals surface area contributed by atoms with Gasteiger partial charge >= 0.3 is 0 Å². The fraction of sp³-hybridized carbons (Fsp3) is 0.588. The zero-order valence-corrected chi connectivity index (χ0v) is 13.9. The van der Waals surface area contributed by atoms with E-state index in [1.807, 2.05) is 23.1 Å². The Morgan fingerprint density at radius 1 is 1.52 bits per heavy atom. The maximum atomic E-state index is 11.4. The fourth-order valence-corrected chi connectivity index (χ4v) is 3.37. The molecule has 0 aliphatic carbocycles. The van der Waals surface area contributed by atoms with Crippen LogP contribution in [0.1, 0.15) is 31.7 Å². The molecule has 2 atom stereocenters. The molecular formula is C17H25ClN2O. The monoisotopic (exact) mass is 308 g/mol. The number of likely N-dealkylation sites (N-methyl/N-ethyl adjacent to an activating group) is 1. The van der Waals surface area contributed by atoms with Gasteiger partial charge in [0.25, 0.3) is 0 Å². The molecule has 1 heterocycles. The molecule has 3 nitrogen and oxygen atoms in total. The minimum absolute atomic E-state index is 0.201. The molecule has 1 aromatic rings. The summed E-state index contributed by atoms with van der Waals surface area (Å²) in [6.45, 7) is 7.78. The molecule has 0 radical (unpaired) electrons. The lowest BCUT2D eigenvalue weighted by molar-refractivity contribution is -0.127. The lowest BCUT2D eigenvalue weighted by Gasteiger charge is -2.24. The Bertz CT molecular complexity index is 491. The molecular weight excluding hydrogens is 284 g/mol. The Hall–Kier alpha value is -1.06. The second-order valence-electron chi connectivity index (χ2n) is 6.30. The van der Waals surface area contributed by atoms with Crippen molar-refractivity contribution in [1.29, 1.82) is 0 Å². The Morgan fingerprint density at radius 2 is 2.29 bits per heavy atom. The molecule has 1 saturated heterocycles. The van der Waals surface area contributed by atoms with E-state index in [2.05, 4.69) is 24.9 Å². The van der Waals surface area contributed by atoms with E-state index in [0.717, 1.165) is 37.6 Å². The molecule has 0 bridgehead atoms. The molecule has 0 saturated carbocycles. The van der Waals surface area contributed by atoms with Gasteiger partial charge < -0.3 is 9.80 Å². The van der Waals surface area contributed by atoms with Gasteiger partial charge in [0, 0.05) is 38.1 Å². The van der Waals surface area contributed by atoms with Gasteiger partial charge in [-0.15, -0.1) is 0 Å². The molecule has 2 rings (SSSR count). The highest BCUT2D eigenvalue weighted by Gasteiger charge is 2.25. The minimum atomic E-state index is 0.201. The molecule has 0 spiro atoms. The summed E-state index contributed by atoms with van der Waals surface area (Å²) in [6, 6.07) is 8.11. The Kier molecular flexibility index (Phi) is 5.65. The normalized spacial score (nSPS) is 20.0. The average Bonchev–Trinajstić information content (AvgIpc) is 2.87. The molecule has 1 amide bonds. The van der Waals surface area contributed by atoms with E-state index >= 15 is 0 Å². The van der Waals surface area contributed by atoms with Crippen molar-refractivity contribution in [2.45, 2.75) is 26.2 Å². The van der Waals surface area contributed by atoms with E-state index in [1.54, 1.807) is 6.92 Å². The summed E-state index contributed by atoms with van der Waals surface area (Å²) < 4.78 is 0. The molecule has 0 unspecified atom stereocenters. The second kappa shape index (κ2) is 7.28. The Labute approximate surface area is 132 Å². The van der Waals surface area contributed by atoms with Crippen LogP contribution in [0.4, 0.5) is 0 Å². The van der Waals surface area contributed by atoms with Crippen molar-refractivity contribution in [2.24, 2.45) is 5.92 Å². The third-order valence-corrected chi connectivity index (χ3v) is 4.54. The predicted molar refractivity (Wildman–Crippen MR) is 87.7 cm³/mol. The second-order valence-corrected chi connectivity index (χ2v) is 6.73. The number of hydrogen-bond acceptors (Lipinski definition) is 2. The van der Waals surface area contributed by atoms with Gasteiger partial charge in [-0.1, -0.05) is 30.7 Å². The van der Waals surface area contributed by atoms with Gasteiger partial charge in [-0.2, -0.15) is 0 Å². The van der Waals surface area contributed by atoms with Crippen molar-refractivity contribution in [2.75, 3.05) is 33.2 Å². The van der Waals surface area contributed by atoms with Crippen molar-refractivity contribution >= 4 is 17.5 Å². The SMILES string of the molecule is CC(=O)N1CC[C@H](CN(C)C[C@@H](C)c2cccc(Cl)c2)C1. The van der Waals surface area contributed by atoms with Crippen LogP contribution in [0.15, 0.2) is 24.3 Å². The van der Waals surface area contributed by atoms with E-state index in [9.17, 15) is 4.79 Å². The van der Waals surface area contributed by atoms with Crippen LogP contribution in [0.25, 0.3) is 0 Å². The molecule has 116 valence electrons. The minimum Gasteiger partial charge on any atom is -0.343 e. The van der Waals surface area contributed by atoms with Crippen LogP contribution in [-0.2, 0) is 4.79 Å². The van der Waals surface area contributed by atoms with Crippen molar-refractivity contribution < 1.29 is 4.79 Å². The summed E-state index contributed by atoms with van der Waals surface area (Å²) in [4.78, 5) is 15.7. The van der Waals surface area contributed by atoms with Crippen LogP contribution in [0.2, 0.25) is 5.02 Å². The highest BCUT2D eigenvalue weighted by Crippen LogP contribution is 2.22. The first-order valence-corrected chi connectivity index (χ1v) is 8.03. The standard InChI is InChI=1S/C17H25ClN2O/c1-13(16-5-4-6-17(18)9-16)10-19(3)11-15-7-8-20(12-15)14(2)21/h4-6,9,13,15H,7-8,10-12H2,1-3H3/t13-,15-/m1/s1. The van der Waals surface area contributed by atoms with Gasteiger partial charge in [0.1, 0.15) is 0 Å². The average molecular weight is 309 g/mol. The van der Waals surface area contributed by atoms with Crippen LogP contribution < -0.4 is 0 Å². The zero-order valence-electron chi connectivity index (χ0n) is 13.2. The number of amides is 1. The first-order chi connectivity index (χ1) is 9.95. The zero-order chi connectivity index (χ0) is 15.4. The van der Waals surface area contributed by atoms with E-state index in [4.69, 9.17) is 11.6 Å². The number of likely N-dealkylation sites (tertiary alicyclic amines) is 1. The lowest BCUT2D eigenvalue weighted by Crippen LogP contribution is -2.32. The smallest absolute Gasteiger partial charge is 0.219 e. The van der Waals surface area contributed by atoms with Crippen LogP contribution in [0.5, 0.6) is 0 Å². The summed E-state index contributed by atoms with van der Waals surface area (Å²) in [5, 5.41) is 0.801. The van der Waals surface area contributed by atoms with E-state index in [0.29, 0.717) is 11.8 Å². The molecule has 0 N–H and O–H groups in total. The van der Waals surface area contributed by atoms with Gasteiger partial charge in [-0.3, -0.25) is 4.79 Å². The van der Waals surface area contributed by atoms with Crippen LogP contribution in [0.3, 0.4) is 0 Å². The molecule has 1 aliphatic rings. The summed E-state index contributed by atoms with van der Waals surface area (Å²) in [6.07, 6.45) is 1.12. The molecule has 1 aromatic carbocycles. The number of carbonyl (C=O) groups excluding carboxylic acids is 1. The largest absolute Gasteiger partial charge is 0.343 e. The Morgan fingerprint density at radius 3 is 2.90 bits per heavy atom. The number of rotatable bonds is 5. The van der Waals surface area contributed by atoms with E-state index < -0.39 is 0 Å². The summed E-state index contributed by atoms with van der Waals surface area (Å²) >= 11 is 6.06. The van der Waals surface area contributed by atoms with Gasteiger partial charge in [-0.05, 0) is 43.0 Å². The van der Waals surface area contributed by atoms with E-state index in [1.165, 1.54) is 5.56 Å². The van der Waals surface area contributed by atoms with Gasteiger partial charge in [0.05, 0.1) is 0 Å². The van der Waals surface area contributed by atoms with Crippen LogP contribution in [0, 0.1) is 5.92 Å². The molecule has 1 fully saturated rings. The molecule has 21 heavy (non-hydrogen) atoms. The predicted octanol–water partition coefficient (Wildman–Crippen LogP) is 3.24. The first kappa shape index (κ1) is 16.3. The summed E-state index contributed by atoms with van der Waals surface area (Å²) in [5.74, 6) is 1.26. The third-order valence-electron chi connectivity index (χ3n) is 4.30. The highest BCUT2D eigenvalue weighted by molar-refractivity contribution is 6.30. The number of halogens is 1. The first-order valence-electron chi connectivity index (χ1n) is 7.65. The van der Waals surface area contributed by atoms with Crippen molar-refractivity contribution in [3.05, 3.63) is 34.9 Å². The number of hydrogen-bond donors (Lipinski definition) is 0. The Balaban J connectivity index is 1.82. The molecule has 1 aliphatic heterocycles. The maximum absolute atomic E-state index is 11.4. The van der Waals surface area contributed by atoms with Crippen LogP contribution >= 0.6 is 11.6 Å². The molecule has 0 aromatic heterocycles. The van der Waals surface area contributed by atoms with Gasteiger partial charge in [0.2, 0.25) is 5.91 Å². The summed E-state index contributed by atoms with van der Waals surface area (Å²) in [7, 11) is 2.16. The maximum Gasteiger partial charge on any atom is 0.219 e. The van der Waals surface area contributed by atoms with Gasteiger partial charge in [-0.25, -0.2) is 0 Å². The number of carbonyl (C=O) groups is 1. The van der Waals surface area contributed by atoms with E-state index in [-0.39, 0.29) is 5.91 Å².